The average molecular weight is 154 g/mol. The third-order valence-electron chi connectivity index (χ3n) is 0.996. The Morgan fingerprint density at radius 2 is 1.90 bits per heavy atom. The SMILES string of the molecule is CCCCC(=O)C(=O)O.[NaH]. The minimum absolute atomic E-state index is 0. The maximum absolute atomic E-state index is 10.3. The molecule has 0 bridgehead atoms. The van der Waals surface area contributed by atoms with Crippen LogP contribution in [0.3, 0.4) is 0 Å². The Bertz CT molecular complexity index is 122. The average Bonchev–Trinajstić information content (AvgIpc) is 1.82. The fourth-order valence-corrected chi connectivity index (χ4v) is 0.444. The van der Waals surface area contributed by atoms with Gasteiger partial charge in [0.15, 0.2) is 0 Å². The van der Waals surface area contributed by atoms with Crippen LogP contribution in [0.1, 0.15) is 26.2 Å². The maximum atomic E-state index is 10.3. The van der Waals surface area contributed by atoms with Crippen molar-refractivity contribution in [3.63, 3.8) is 0 Å². The van der Waals surface area contributed by atoms with Gasteiger partial charge >= 0.3 is 35.5 Å². The third kappa shape index (κ3) is 6.26. The van der Waals surface area contributed by atoms with E-state index in [0.29, 0.717) is 6.42 Å². The molecule has 0 atom stereocenters. The van der Waals surface area contributed by atoms with Crippen molar-refractivity contribution in [3.8, 4) is 0 Å². The molecule has 0 aliphatic carbocycles. The Morgan fingerprint density at radius 3 is 2.20 bits per heavy atom. The van der Waals surface area contributed by atoms with E-state index in [1.165, 1.54) is 0 Å². The van der Waals surface area contributed by atoms with Crippen LogP contribution in [0.2, 0.25) is 0 Å². The van der Waals surface area contributed by atoms with Crippen molar-refractivity contribution in [1.82, 2.24) is 0 Å². The zero-order valence-corrected chi connectivity index (χ0v) is 5.39. The van der Waals surface area contributed by atoms with Crippen LogP contribution in [0.4, 0.5) is 0 Å². The van der Waals surface area contributed by atoms with Gasteiger partial charge in [-0.2, -0.15) is 0 Å². The second-order valence-electron chi connectivity index (χ2n) is 1.83. The number of carbonyl (C=O) groups excluding carboxylic acids is 1. The van der Waals surface area contributed by atoms with Crippen LogP contribution >= 0.6 is 0 Å². The van der Waals surface area contributed by atoms with Gasteiger partial charge in [0.1, 0.15) is 0 Å². The molecular weight excluding hydrogens is 143 g/mol. The fourth-order valence-electron chi connectivity index (χ4n) is 0.444. The molecule has 0 heterocycles. The quantitative estimate of drug-likeness (QED) is 0.464. The first-order valence-corrected chi connectivity index (χ1v) is 2.94. The van der Waals surface area contributed by atoms with Crippen molar-refractivity contribution in [3.05, 3.63) is 0 Å². The first-order chi connectivity index (χ1) is 4.18. The number of unbranched alkanes of at least 4 members (excludes halogenated alkanes) is 1. The molecule has 0 aromatic heterocycles. The molecule has 10 heavy (non-hydrogen) atoms. The van der Waals surface area contributed by atoms with Gasteiger partial charge in [0.2, 0.25) is 5.78 Å². The van der Waals surface area contributed by atoms with Crippen molar-refractivity contribution >= 4 is 41.3 Å². The third-order valence-corrected chi connectivity index (χ3v) is 0.996. The van der Waals surface area contributed by atoms with E-state index in [9.17, 15) is 9.59 Å². The van der Waals surface area contributed by atoms with Crippen LogP contribution < -0.4 is 0 Å². The van der Waals surface area contributed by atoms with Gasteiger partial charge in [-0.15, -0.1) is 0 Å². The van der Waals surface area contributed by atoms with E-state index in [4.69, 9.17) is 5.11 Å². The Morgan fingerprint density at radius 1 is 1.40 bits per heavy atom. The van der Waals surface area contributed by atoms with Gasteiger partial charge < -0.3 is 5.11 Å². The first kappa shape index (κ1) is 12.8. The normalized spacial score (nSPS) is 8.10. The molecule has 0 rings (SSSR count). The van der Waals surface area contributed by atoms with Crippen molar-refractivity contribution in [1.29, 1.82) is 0 Å². The molecular formula is C6H11NaO3. The van der Waals surface area contributed by atoms with Crippen molar-refractivity contribution < 1.29 is 14.7 Å². The van der Waals surface area contributed by atoms with E-state index in [-0.39, 0.29) is 36.0 Å². The molecule has 4 heteroatoms. The number of carboxylic acid groups (broad SMARTS) is 1. The van der Waals surface area contributed by atoms with Crippen molar-refractivity contribution in [2.45, 2.75) is 26.2 Å². The Kier molecular flexibility index (Phi) is 9.27. The van der Waals surface area contributed by atoms with Crippen molar-refractivity contribution in [2.75, 3.05) is 0 Å². The van der Waals surface area contributed by atoms with Gasteiger partial charge in [-0.25, -0.2) is 4.79 Å². The number of hydrogen-bond acceptors (Lipinski definition) is 2. The fraction of sp³-hybridized carbons (Fsp3) is 0.667. The van der Waals surface area contributed by atoms with E-state index in [1.54, 1.807) is 0 Å². The zero-order valence-electron chi connectivity index (χ0n) is 5.39. The van der Waals surface area contributed by atoms with Crippen LogP contribution in [-0.4, -0.2) is 46.4 Å². The molecule has 0 fully saturated rings. The topological polar surface area (TPSA) is 54.4 Å². The van der Waals surface area contributed by atoms with E-state index in [0.717, 1.165) is 6.42 Å². The molecule has 0 aromatic carbocycles. The summed E-state index contributed by atoms with van der Waals surface area (Å²) in [4.78, 5) is 20.2. The molecule has 0 aliphatic rings. The van der Waals surface area contributed by atoms with Crippen molar-refractivity contribution in [2.24, 2.45) is 0 Å². The Balaban J connectivity index is 0. The summed E-state index contributed by atoms with van der Waals surface area (Å²) in [7, 11) is 0. The molecule has 0 saturated heterocycles. The molecule has 0 aromatic rings. The van der Waals surface area contributed by atoms with Crippen LogP contribution in [-0.2, 0) is 9.59 Å². The van der Waals surface area contributed by atoms with Crippen LogP contribution in [0, 0.1) is 0 Å². The van der Waals surface area contributed by atoms with Gasteiger partial charge in [0.05, 0.1) is 0 Å². The second kappa shape index (κ2) is 7.25. The number of carboxylic acids is 1. The molecule has 3 nitrogen and oxygen atoms in total. The molecule has 0 spiro atoms. The first-order valence-electron chi connectivity index (χ1n) is 2.94. The second-order valence-corrected chi connectivity index (χ2v) is 1.83. The summed E-state index contributed by atoms with van der Waals surface area (Å²) in [6, 6.07) is 0. The summed E-state index contributed by atoms with van der Waals surface area (Å²) in [5.74, 6) is -2.00. The summed E-state index contributed by atoms with van der Waals surface area (Å²) < 4.78 is 0. The number of aliphatic carboxylic acids is 1. The van der Waals surface area contributed by atoms with E-state index >= 15 is 0 Å². The Labute approximate surface area is 82.1 Å². The number of ketones is 1. The molecule has 0 amide bonds. The van der Waals surface area contributed by atoms with E-state index < -0.39 is 11.8 Å². The number of Topliss-reactive ketones (excluding diaryl/α,β-unsaturated/α-hetero) is 1. The number of rotatable bonds is 4. The van der Waals surface area contributed by atoms with E-state index in [2.05, 4.69) is 0 Å². The monoisotopic (exact) mass is 154 g/mol. The number of hydrogen-bond donors (Lipinski definition) is 1. The van der Waals surface area contributed by atoms with Crippen LogP contribution in [0.25, 0.3) is 0 Å². The molecule has 0 aliphatic heterocycles. The molecule has 1 N–H and O–H groups in total. The van der Waals surface area contributed by atoms with Gasteiger partial charge in [0, 0.05) is 6.42 Å². The van der Waals surface area contributed by atoms with Crippen LogP contribution in [0.5, 0.6) is 0 Å². The van der Waals surface area contributed by atoms with Gasteiger partial charge in [-0.05, 0) is 6.42 Å². The summed E-state index contributed by atoms with van der Waals surface area (Å²) in [5.41, 5.74) is 0. The van der Waals surface area contributed by atoms with Gasteiger partial charge in [0.25, 0.3) is 0 Å². The molecule has 54 valence electrons. The summed E-state index contributed by atoms with van der Waals surface area (Å²) >= 11 is 0. The summed E-state index contributed by atoms with van der Waals surface area (Å²) in [6.07, 6.45) is 1.70. The van der Waals surface area contributed by atoms with Gasteiger partial charge in [-0.1, -0.05) is 13.3 Å². The van der Waals surface area contributed by atoms with Gasteiger partial charge in [-0.3, -0.25) is 4.79 Å². The van der Waals surface area contributed by atoms with E-state index in [1.807, 2.05) is 6.92 Å². The standard InChI is InChI=1S/C6H10O3.Na.H/c1-2-3-4-5(7)6(8)9;;/h2-4H2,1H3,(H,8,9);;. The minimum atomic E-state index is -1.32. The predicted molar refractivity (Wildman–Crippen MR) is 39.3 cm³/mol. The summed E-state index contributed by atoms with van der Waals surface area (Å²) in [6.45, 7) is 1.91. The predicted octanol–water partition coefficient (Wildman–Crippen LogP) is 0.182. The summed E-state index contributed by atoms with van der Waals surface area (Å²) in [5, 5.41) is 8.06. The Hall–Kier alpha value is 0.140. The number of carbonyl (C=O) groups is 2. The van der Waals surface area contributed by atoms with Crippen LogP contribution in [0.15, 0.2) is 0 Å². The molecule has 0 unspecified atom stereocenters. The molecule has 0 radical (unpaired) electrons. The molecule has 0 saturated carbocycles. The zero-order chi connectivity index (χ0) is 7.28.